The molecule has 29 heavy (non-hydrogen) atoms. The predicted molar refractivity (Wildman–Crippen MR) is 116 cm³/mol. The molecule has 8 heteroatoms. The standard InChI is InChI=1S/C21H25N5O2S/c1-4-15-5-7-16(8-6-15)24-17(27)13-29-21-25-19-18(22-10-11-23-19)20(28)26(21)12-9-14(2)3/h5-8,10-11,14H,4,9,12-13H2,1-3H3,(H,24,27). The Kier molecular flexibility index (Phi) is 6.98. The van der Waals surface area contributed by atoms with Crippen LogP contribution in [-0.4, -0.2) is 31.2 Å². The van der Waals surface area contributed by atoms with Crippen LogP contribution in [0.1, 0.15) is 32.8 Å². The molecule has 152 valence electrons. The van der Waals surface area contributed by atoms with Crippen molar-refractivity contribution in [1.82, 2.24) is 19.5 Å². The Labute approximate surface area is 174 Å². The number of hydrogen-bond donors (Lipinski definition) is 1. The lowest BCUT2D eigenvalue weighted by atomic mass is 10.1. The van der Waals surface area contributed by atoms with Gasteiger partial charge in [-0.2, -0.15) is 0 Å². The number of nitrogens with zero attached hydrogens (tertiary/aromatic N) is 4. The van der Waals surface area contributed by atoms with Gasteiger partial charge in [-0.05, 0) is 36.5 Å². The number of aryl methyl sites for hydroxylation is 1. The van der Waals surface area contributed by atoms with Gasteiger partial charge in [-0.1, -0.05) is 44.7 Å². The number of thioether (sulfide) groups is 1. The highest BCUT2D eigenvalue weighted by molar-refractivity contribution is 7.99. The van der Waals surface area contributed by atoms with Crippen molar-refractivity contribution in [3.8, 4) is 0 Å². The molecule has 0 atom stereocenters. The third-order valence-electron chi connectivity index (χ3n) is 4.47. The molecule has 3 rings (SSSR count). The number of aromatic nitrogens is 4. The fourth-order valence-electron chi connectivity index (χ4n) is 2.77. The third-order valence-corrected chi connectivity index (χ3v) is 5.44. The van der Waals surface area contributed by atoms with Gasteiger partial charge in [0.2, 0.25) is 5.91 Å². The number of carbonyl (C=O) groups excluding carboxylic acids is 1. The first-order chi connectivity index (χ1) is 14.0. The molecule has 7 nitrogen and oxygen atoms in total. The first-order valence-electron chi connectivity index (χ1n) is 9.71. The fraction of sp³-hybridized carbons (Fsp3) is 0.381. The molecule has 1 aromatic carbocycles. The van der Waals surface area contributed by atoms with Crippen molar-refractivity contribution in [2.24, 2.45) is 5.92 Å². The maximum Gasteiger partial charge on any atom is 0.282 e. The summed E-state index contributed by atoms with van der Waals surface area (Å²) in [6, 6.07) is 7.78. The van der Waals surface area contributed by atoms with E-state index in [9.17, 15) is 9.59 Å². The topological polar surface area (TPSA) is 89.8 Å². The van der Waals surface area contributed by atoms with Crippen molar-refractivity contribution >= 4 is 34.5 Å². The van der Waals surface area contributed by atoms with Crippen molar-refractivity contribution in [3.05, 3.63) is 52.6 Å². The van der Waals surface area contributed by atoms with Crippen LogP contribution >= 0.6 is 11.8 Å². The molecule has 0 aliphatic carbocycles. The van der Waals surface area contributed by atoms with E-state index in [1.165, 1.54) is 29.7 Å². The monoisotopic (exact) mass is 411 g/mol. The second kappa shape index (κ2) is 9.65. The van der Waals surface area contributed by atoms with Gasteiger partial charge in [-0.25, -0.2) is 15.0 Å². The zero-order chi connectivity index (χ0) is 20.8. The summed E-state index contributed by atoms with van der Waals surface area (Å²) in [7, 11) is 0. The number of carbonyl (C=O) groups is 1. The van der Waals surface area contributed by atoms with E-state index >= 15 is 0 Å². The predicted octanol–water partition coefficient (Wildman–Crippen LogP) is 3.53. The number of hydrogen-bond acceptors (Lipinski definition) is 6. The maximum absolute atomic E-state index is 12.9. The highest BCUT2D eigenvalue weighted by Gasteiger charge is 2.15. The third kappa shape index (κ3) is 5.41. The van der Waals surface area contributed by atoms with Crippen LogP contribution in [0, 0.1) is 5.92 Å². The molecular weight excluding hydrogens is 386 g/mol. The van der Waals surface area contributed by atoms with E-state index in [1.54, 1.807) is 4.57 Å². The summed E-state index contributed by atoms with van der Waals surface area (Å²) in [5, 5.41) is 3.37. The molecule has 0 bridgehead atoms. The minimum Gasteiger partial charge on any atom is -0.325 e. The van der Waals surface area contributed by atoms with Gasteiger partial charge >= 0.3 is 0 Å². The highest BCUT2D eigenvalue weighted by atomic mass is 32.2. The maximum atomic E-state index is 12.9. The van der Waals surface area contributed by atoms with Crippen molar-refractivity contribution in [2.45, 2.75) is 45.3 Å². The van der Waals surface area contributed by atoms with Gasteiger partial charge in [-0.15, -0.1) is 0 Å². The van der Waals surface area contributed by atoms with Crippen LogP contribution in [0.5, 0.6) is 0 Å². The smallest absolute Gasteiger partial charge is 0.282 e. The second-order valence-corrected chi connectivity index (χ2v) is 8.09. The fourth-order valence-corrected chi connectivity index (χ4v) is 3.59. The largest absolute Gasteiger partial charge is 0.325 e. The Hall–Kier alpha value is -2.74. The van der Waals surface area contributed by atoms with Gasteiger partial charge in [0, 0.05) is 24.6 Å². The number of benzene rings is 1. The summed E-state index contributed by atoms with van der Waals surface area (Å²) in [5.41, 5.74) is 2.30. The molecule has 2 aromatic heterocycles. The van der Waals surface area contributed by atoms with E-state index in [0.717, 1.165) is 18.5 Å². The highest BCUT2D eigenvalue weighted by Crippen LogP contribution is 2.18. The molecule has 1 N–H and O–H groups in total. The van der Waals surface area contributed by atoms with Crippen molar-refractivity contribution < 1.29 is 4.79 Å². The molecule has 0 unspecified atom stereocenters. The molecule has 1 amide bonds. The van der Waals surface area contributed by atoms with Gasteiger partial charge < -0.3 is 5.32 Å². The average Bonchev–Trinajstić information content (AvgIpc) is 2.72. The molecule has 0 fully saturated rings. The van der Waals surface area contributed by atoms with E-state index in [1.807, 2.05) is 24.3 Å². The molecule has 0 aliphatic rings. The summed E-state index contributed by atoms with van der Waals surface area (Å²) < 4.78 is 1.60. The van der Waals surface area contributed by atoms with Gasteiger partial charge in [-0.3, -0.25) is 14.2 Å². The van der Waals surface area contributed by atoms with Crippen LogP contribution in [-0.2, 0) is 17.8 Å². The Balaban J connectivity index is 1.77. The summed E-state index contributed by atoms with van der Waals surface area (Å²) in [6.45, 7) is 6.81. The Morgan fingerprint density at radius 1 is 1.17 bits per heavy atom. The first kappa shape index (κ1) is 21.0. The van der Waals surface area contributed by atoms with Crippen LogP contribution in [0.3, 0.4) is 0 Å². The quantitative estimate of drug-likeness (QED) is 0.451. The number of anilines is 1. The van der Waals surface area contributed by atoms with E-state index < -0.39 is 0 Å². The summed E-state index contributed by atoms with van der Waals surface area (Å²) in [5.74, 6) is 0.435. The van der Waals surface area contributed by atoms with Crippen LogP contribution in [0.2, 0.25) is 0 Å². The molecule has 0 aliphatic heterocycles. The zero-order valence-electron chi connectivity index (χ0n) is 16.9. The number of fused-ring (bicyclic) bond motifs is 1. The van der Waals surface area contributed by atoms with Crippen molar-refractivity contribution in [3.63, 3.8) is 0 Å². The van der Waals surface area contributed by atoms with Crippen LogP contribution in [0.15, 0.2) is 46.6 Å². The molecule has 3 aromatic rings. The Morgan fingerprint density at radius 2 is 1.90 bits per heavy atom. The van der Waals surface area contributed by atoms with E-state index in [0.29, 0.717) is 23.3 Å². The van der Waals surface area contributed by atoms with Gasteiger partial charge in [0.05, 0.1) is 5.75 Å². The normalized spacial score (nSPS) is 11.2. The second-order valence-electron chi connectivity index (χ2n) is 7.15. The molecule has 0 radical (unpaired) electrons. The van der Waals surface area contributed by atoms with E-state index in [4.69, 9.17) is 0 Å². The van der Waals surface area contributed by atoms with Crippen LogP contribution in [0.25, 0.3) is 11.2 Å². The van der Waals surface area contributed by atoms with Gasteiger partial charge in [0.25, 0.3) is 5.56 Å². The lowest BCUT2D eigenvalue weighted by Crippen LogP contribution is -2.26. The molecular formula is C21H25N5O2S. The number of rotatable bonds is 8. The van der Waals surface area contributed by atoms with Crippen molar-refractivity contribution in [2.75, 3.05) is 11.1 Å². The molecule has 0 saturated carbocycles. The molecule has 0 spiro atoms. The Morgan fingerprint density at radius 3 is 2.59 bits per heavy atom. The average molecular weight is 412 g/mol. The summed E-state index contributed by atoms with van der Waals surface area (Å²) >= 11 is 1.23. The lowest BCUT2D eigenvalue weighted by molar-refractivity contribution is -0.113. The van der Waals surface area contributed by atoms with E-state index in [2.05, 4.69) is 41.0 Å². The molecule has 0 saturated heterocycles. The number of amides is 1. The van der Waals surface area contributed by atoms with Crippen LogP contribution in [0.4, 0.5) is 5.69 Å². The Bertz CT molecular complexity index is 1050. The lowest BCUT2D eigenvalue weighted by Gasteiger charge is -2.13. The number of nitrogens with one attached hydrogen (secondary N) is 1. The van der Waals surface area contributed by atoms with Gasteiger partial charge in [0.1, 0.15) is 0 Å². The SMILES string of the molecule is CCc1ccc(NC(=O)CSc2nc3nccnc3c(=O)n2CCC(C)C)cc1. The summed E-state index contributed by atoms with van der Waals surface area (Å²) in [6.07, 6.45) is 4.78. The minimum absolute atomic E-state index is 0.148. The van der Waals surface area contributed by atoms with Crippen molar-refractivity contribution in [1.29, 1.82) is 0 Å². The van der Waals surface area contributed by atoms with E-state index in [-0.39, 0.29) is 22.7 Å². The molecule has 2 heterocycles. The van der Waals surface area contributed by atoms with Crippen LogP contribution < -0.4 is 10.9 Å². The first-order valence-corrected chi connectivity index (χ1v) is 10.7. The summed E-state index contributed by atoms with van der Waals surface area (Å²) in [4.78, 5) is 38.0. The minimum atomic E-state index is -0.221. The zero-order valence-corrected chi connectivity index (χ0v) is 17.7. The van der Waals surface area contributed by atoms with Gasteiger partial charge in [0.15, 0.2) is 16.3 Å².